The summed E-state index contributed by atoms with van der Waals surface area (Å²) in [5.41, 5.74) is 4.42. The molecule has 0 radical (unpaired) electrons. The van der Waals surface area contributed by atoms with Crippen molar-refractivity contribution in [1.29, 1.82) is 0 Å². The van der Waals surface area contributed by atoms with E-state index in [1.165, 1.54) is 11.3 Å². The highest BCUT2D eigenvalue weighted by Crippen LogP contribution is 2.25. The Balaban J connectivity index is 0.00000208. The van der Waals surface area contributed by atoms with Crippen LogP contribution in [-0.4, -0.2) is 25.3 Å². The van der Waals surface area contributed by atoms with Crippen molar-refractivity contribution >= 4 is 53.1 Å². The third-order valence-electron chi connectivity index (χ3n) is 3.93. The van der Waals surface area contributed by atoms with Crippen LogP contribution in [0.4, 0.5) is 5.69 Å². The monoisotopic (exact) mass is 380 g/mol. The molecule has 0 aliphatic carbocycles. The van der Waals surface area contributed by atoms with E-state index >= 15 is 0 Å². The van der Waals surface area contributed by atoms with Gasteiger partial charge in [-0.15, -0.1) is 12.4 Å². The topological polar surface area (TPSA) is 15.6 Å². The summed E-state index contributed by atoms with van der Waals surface area (Å²) in [6.45, 7) is 4.89. The molecule has 0 saturated heterocycles. The SMILES string of the molecule is CCN1CCN=C(/C=C/c2ccc(Cl)c(Cl)c2)c2ccccc21.Cl. The highest BCUT2D eigenvalue weighted by Gasteiger charge is 2.15. The number of benzodiazepines with no additional fused rings is 1. The molecule has 3 rings (SSSR count). The predicted molar refractivity (Wildman–Crippen MR) is 108 cm³/mol. The second-order valence-corrected chi connectivity index (χ2v) is 6.19. The molecule has 2 nitrogen and oxygen atoms in total. The first kappa shape index (κ1) is 18.9. The molecule has 2 aromatic carbocycles. The van der Waals surface area contributed by atoms with Crippen molar-refractivity contribution < 1.29 is 0 Å². The van der Waals surface area contributed by atoms with Gasteiger partial charge in [0, 0.05) is 24.3 Å². The minimum atomic E-state index is 0. The molecule has 24 heavy (non-hydrogen) atoms. The first-order chi connectivity index (χ1) is 11.2. The number of nitrogens with zero attached hydrogens (tertiary/aromatic N) is 2. The van der Waals surface area contributed by atoms with Crippen LogP contribution >= 0.6 is 35.6 Å². The summed E-state index contributed by atoms with van der Waals surface area (Å²) in [4.78, 5) is 7.11. The normalized spacial score (nSPS) is 14.0. The Morgan fingerprint density at radius 1 is 1.08 bits per heavy atom. The van der Waals surface area contributed by atoms with Gasteiger partial charge in [0.05, 0.1) is 22.3 Å². The minimum Gasteiger partial charge on any atom is -0.369 e. The van der Waals surface area contributed by atoms with E-state index in [4.69, 9.17) is 28.2 Å². The van der Waals surface area contributed by atoms with E-state index in [1.807, 2.05) is 24.3 Å². The Morgan fingerprint density at radius 3 is 2.62 bits per heavy atom. The quantitative estimate of drug-likeness (QED) is 0.660. The van der Waals surface area contributed by atoms with Crippen LogP contribution < -0.4 is 4.90 Å². The summed E-state index contributed by atoms with van der Waals surface area (Å²) in [5.74, 6) is 0. The molecule has 0 unspecified atom stereocenters. The number of rotatable bonds is 3. The van der Waals surface area contributed by atoms with Crippen LogP contribution in [0.25, 0.3) is 6.08 Å². The van der Waals surface area contributed by atoms with Crippen LogP contribution in [0.3, 0.4) is 0 Å². The van der Waals surface area contributed by atoms with Crippen molar-refractivity contribution in [3.63, 3.8) is 0 Å². The molecule has 0 aromatic heterocycles. The molecule has 1 aliphatic rings. The standard InChI is InChI=1S/C19H18Cl2N2.ClH/c1-2-23-12-11-22-18(15-5-3-4-6-19(15)23)10-8-14-7-9-16(20)17(21)13-14;/h3-10,13H,2,11-12H2,1H3;1H/b10-8+;. The van der Waals surface area contributed by atoms with Crippen molar-refractivity contribution in [1.82, 2.24) is 0 Å². The van der Waals surface area contributed by atoms with Crippen molar-refractivity contribution in [2.75, 3.05) is 24.5 Å². The van der Waals surface area contributed by atoms with Gasteiger partial charge < -0.3 is 4.90 Å². The minimum absolute atomic E-state index is 0. The number of fused-ring (bicyclic) bond motifs is 1. The first-order valence-corrected chi connectivity index (χ1v) is 8.46. The van der Waals surface area contributed by atoms with Gasteiger partial charge in [0.15, 0.2) is 0 Å². The Labute approximate surface area is 159 Å². The van der Waals surface area contributed by atoms with E-state index in [2.05, 4.69) is 42.2 Å². The molecular weight excluding hydrogens is 363 g/mol. The molecule has 0 amide bonds. The Bertz CT molecular complexity index is 769. The number of para-hydroxylation sites is 1. The lowest BCUT2D eigenvalue weighted by molar-refractivity contribution is 0.825. The number of aliphatic imine (C=N–C) groups is 1. The first-order valence-electron chi connectivity index (χ1n) is 7.71. The highest BCUT2D eigenvalue weighted by atomic mass is 35.5. The highest BCUT2D eigenvalue weighted by molar-refractivity contribution is 6.42. The largest absolute Gasteiger partial charge is 0.369 e. The molecule has 0 N–H and O–H groups in total. The van der Waals surface area contributed by atoms with Crippen molar-refractivity contribution in [2.24, 2.45) is 4.99 Å². The maximum atomic E-state index is 6.08. The van der Waals surface area contributed by atoms with Gasteiger partial charge in [-0.05, 0) is 36.8 Å². The fourth-order valence-corrected chi connectivity index (χ4v) is 3.03. The number of likely N-dealkylation sites (N-methyl/N-ethyl adjacent to an activating group) is 1. The van der Waals surface area contributed by atoms with Gasteiger partial charge in [-0.25, -0.2) is 0 Å². The third-order valence-corrected chi connectivity index (χ3v) is 4.67. The molecule has 126 valence electrons. The maximum absolute atomic E-state index is 6.08. The fourth-order valence-electron chi connectivity index (χ4n) is 2.72. The fraction of sp³-hybridized carbons (Fsp3) is 0.211. The van der Waals surface area contributed by atoms with E-state index in [0.29, 0.717) is 10.0 Å². The zero-order valence-corrected chi connectivity index (χ0v) is 15.7. The van der Waals surface area contributed by atoms with E-state index in [0.717, 1.165) is 30.9 Å². The summed E-state index contributed by atoms with van der Waals surface area (Å²) in [7, 11) is 0. The Morgan fingerprint density at radius 2 is 1.88 bits per heavy atom. The smallest absolute Gasteiger partial charge is 0.0668 e. The number of halogens is 3. The lowest BCUT2D eigenvalue weighted by Crippen LogP contribution is -2.25. The average Bonchev–Trinajstić information content (AvgIpc) is 2.75. The number of anilines is 1. The number of hydrogen-bond acceptors (Lipinski definition) is 2. The van der Waals surface area contributed by atoms with Gasteiger partial charge >= 0.3 is 0 Å². The predicted octanol–water partition coefficient (Wildman–Crippen LogP) is 5.76. The lowest BCUT2D eigenvalue weighted by atomic mass is 10.1. The third kappa shape index (κ3) is 4.13. The zero-order chi connectivity index (χ0) is 16.2. The van der Waals surface area contributed by atoms with Gasteiger partial charge in [0.1, 0.15) is 0 Å². The molecule has 1 heterocycles. The Hall–Kier alpha value is -1.48. The molecule has 1 aliphatic heterocycles. The zero-order valence-electron chi connectivity index (χ0n) is 13.4. The van der Waals surface area contributed by atoms with Gasteiger partial charge in [-0.2, -0.15) is 0 Å². The van der Waals surface area contributed by atoms with Crippen LogP contribution in [0.5, 0.6) is 0 Å². The molecule has 0 atom stereocenters. The summed E-state index contributed by atoms with van der Waals surface area (Å²) in [6, 6.07) is 14.0. The van der Waals surface area contributed by atoms with Crippen LogP contribution in [-0.2, 0) is 0 Å². The van der Waals surface area contributed by atoms with Crippen LogP contribution in [0.15, 0.2) is 53.5 Å². The molecule has 2 aromatic rings. The number of allylic oxidation sites excluding steroid dienone is 1. The maximum Gasteiger partial charge on any atom is 0.0668 e. The Kier molecular flexibility index (Phi) is 6.73. The van der Waals surface area contributed by atoms with E-state index in [1.54, 1.807) is 0 Å². The van der Waals surface area contributed by atoms with Gasteiger partial charge in [0.2, 0.25) is 0 Å². The summed E-state index contributed by atoms with van der Waals surface area (Å²) < 4.78 is 0. The summed E-state index contributed by atoms with van der Waals surface area (Å²) >= 11 is 12.0. The molecule has 0 fully saturated rings. The van der Waals surface area contributed by atoms with Crippen LogP contribution in [0, 0.1) is 0 Å². The van der Waals surface area contributed by atoms with Crippen molar-refractivity contribution in [2.45, 2.75) is 6.92 Å². The van der Waals surface area contributed by atoms with Crippen molar-refractivity contribution in [3.8, 4) is 0 Å². The second kappa shape index (κ2) is 8.57. The number of hydrogen-bond donors (Lipinski definition) is 0. The molecule has 0 saturated carbocycles. The van der Waals surface area contributed by atoms with E-state index in [-0.39, 0.29) is 12.4 Å². The van der Waals surface area contributed by atoms with Gasteiger partial charge in [-0.1, -0.05) is 53.5 Å². The van der Waals surface area contributed by atoms with E-state index < -0.39 is 0 Å². The molecular formula is C19H19Cl3N2. The van der Waals surface area contributed by atoms with Crippen molar-refractivity contribution in [3.05, 3.63) is 69.7 Å². The molecule has 0 bridgehead atoms. The average molecular weight is 382 g/mol. The lowest BCUT2D eigenvalue weighted by Gasteiger charge is -2.22. The number of benzene rings is 2. The van der Waals surface area contributed by atoms with Crippen LogP contribution in [0.2, 0.25) is 10.0 Å². The van der Waals surface area contributed by atoms with E-state index in [9.17, 15) is 0 Å². The van der Waals surface area contributed by atoms with Gasteiger partial charge in [0.25, 0.3) is 0 Å². The second-order valence-electron chi connectivity index (χ2n) is 5.37. The van der Waals surface area contributed by atoms with Gasteiger partial charge in [-0.3, -0.25) is 4.99 Å². The van der Waals surface area contributed by atoms with Crippen LogP contribution in [0.1, 0.15) is 18.1 Å². The summed E-state index contributed by atoms with van der Waals surface area (Å²) in [6.07, 6.45) is 4.08. The molecule has 0 spiro atoms. The summed E-state index contributed by atoms with van der Waals surface area (Å²) in [5, 5.41) is 1.13. The molecule has 5 heteroatoms.